The van der Waals surface area contributed by atoms with Crippen molar-refractivity contribution in [3.8, 4) is 0 Å². The Morgan fingerprint density at radius 1 is 1.58 bits per heavy atom. The second-order valence-electron chi connectivity index (χ2n) is 3.50. The van der Waals surface area contributed by atoms with Gasteiger partial charge in [-0.05, 0) is 18.4 Å². The highest BCUT2D eigenvalue weighted by atomic mass is 35.5. The first kappa shape index (κ1) is 8.11. The Bertz CT molecular complexity index is 269. The molecule has 2 nitrogen and oxygen atoms in total. The first-order chi connectivity index (χ1) is 5.77. The summed E-state index contributed by atoms with van der Waals surface area (Å²) in [4.78, 5) is 0. The van der Waals surface area contributed by atoms with E-state index in [0.29, 0.717) is 11.3 Å². The number of rotatable bonds is 1. The summed E-state index contributed by atoms with van der Waals surface area (Å²) in [6.07, 6.45) is 7.64. The predicted molar refractivity (Wildman–Crippen MR) is 49.4 cm³/mol. The van der Waals surface area contributed by atoms with Crippen molar-refractivity contribution in [3.05, 3.63) is 18.0 Å². The van der Waals surface area contributed by atoms with Crippen molar-refractivity contribution >= 4 is 11.6 Å². The molecule has 2 rings (SSSR count). The topological polar surface area (TPSA) is 17.8 Å². The highest BCUT2D eigenvalue weighted by Gasteiger charge is 2.27. The van der Waals surface area contributed by atoms with Crippen LogP contribution >= 0.6 is 11.6 Å². The standard InChI is InChI=1S/C9H13ClN2/c1-12-6-7(5-11-12)8-3-2-4-9(8)10/h5-6,8-9H,2-4H2,1H3. The largest absolute Gasteiger partial charge is 0.276 e. The van der Waals surface area contributed by atoms with Crippen LogP contribution in [0.5, 0.6) is 0 Å². The molecular formula is C9H13ClN2. The monoisotopic (exact) mass is 184 g/mol. The molecule has 1 fully saturated rings. The molecule has 0 saturated heterocycles. The molecule has 1 aromatic rings. The molecule has 0 radical (unpaired) electrons. The number of aryl methyl sites for hydroxylation is 1. The van der Waals surface area contributed by atoms with Crippen molar-refractivity contribution in [2.75, 3.05) is 0 Å². The summed E-state index contributed by atoms with van der Waals surface area (Å²) in [6, 6.07) is 0. The van der Waals surface area contributed by atoms with Gasteiger partial charge in [-0.2, -0.15) is 5.10 Å². The zero-order valence-corrected chi connectivity index (χ0v) is 7.96. The predicted octanol–water partition coefficient (Wildman–Crippen LogP) is 2.29. The third-order valence-electron chi connectivity index (χ3n) is 2.58. The molecule has 1 aliphatic rings. The molecule has 66 valence electrons. The Morgan fingerprint density at radius 3 is 2.92 bits per heavy atom. The fourth-order valence-electron chi connectivity index (χ4n) is 1.92. The summed E-state index contributed by atoms with van der Waals surface area (Å²) >= 11 is 6.18. The summed E-state index contributed by atoms with van der Waals surface area (Å²) < 4.78 is 1.84. The van der Waals surface area contributed by atoms with E-state index in [4.69, 9.17) is 11.6 Å². The molecule has 2 atom stereocenters. The Hall–Kier alpha value is -0.500. The van der Waals surface area contributed by atoms with Crippen molar-refractivity contribution in [2.45, 2.75) is 30.6 Å². The molecule has 0 N–H and O–H groups in total. The normalized spacial score (nSPS) is 29.5. The van der Waals surface area contributed by atoms with Crippen LogP contribution in [0.25, 0.3) is 0 Å². The number of alkyl halides is 1. The number of hydrogen-bond acceptors (Lipinski definition) is 1. The Morgan fingerprint density at radius 2 is 2.42 bits per heavy atom. The van der Waals surface area contributed by atoms with Crippen LogP contribution in [0.2, 0.25) is 0 Å². The smallest absolute Gasteiger partial charge is 0.0524 e. The van der Waals surface area contributed by atoms with E-state index in [-0.39, 0.29) is 0 Å². The molecule has 3 heteroatoms. The lowest BCUT2D eigenvalue weighted by molar-refractivity contribution is 0.724. The van der Waals surface area contributed by atoms with Gasteiger partial charge in [-0.15, -0.1) is 11.6 Å². The van der Waals surface area contributed by atoms with Crippen LogP contribution < -0.4 is 0 Å². The lowest BCUT2D eigenvalue weighted by Crippen LogP contribution is -2.03. The fraction of sp³-hybridized carbons (Fsp3) is 0.667. The third kappa shape index (κ3) is 1.36. The summed E-state index contributed by atoms with van der Waals surface area (Å²) in [5, 5.41) is 4.48. The van der Waals surface area contributed by atoms with Crippen molar-refractivity contribution < 1.29 is 0 Å². The van der Waals surface area contributed by atoms with E-state index >= 15 is 0 Å². The van der Waals surface area contributed by atoms with Gasteiger partial charge in [0.2, 0.25) is 0 Å². The van der Waals surface area contributed by atoms with Gasteiger partial charge in [0.25, 0.3) is 0 Å². The lowest BCUT2D eigenvalue weighted by atomic mass is 10.0. The molecule has 1 aromatic heterocycles. The minimum atomic E-state index is 0.328. The molecule has 0 spiro atoms. The second-order valence-corrected chi connectivity index (χ2v) is 4.06. The minimum absolute atomic E-state index is 0.328. The quantitative estimate of drug-likeness (QED) is 0.613. The van der Waals surface area contributed by atoms with Crippen LogP contribution in [0.1, 0.15) is 30.7 Å². The van der Waals surface area contributed by atoms with Crippen LogP contribution in [-0.4, -0.2) is 15.2 Å². The molecule has 0 bridgehead atoms. The van der Waals surface area contributed by atoms with Crippen molar-refractivity contribution in [1.82, 2.24) is 9.78 Å². The average molecular weight is 185 g/mol. The Kier molecular flexibility index (Phi) is 2.09. The number of aromatic nitrogens is 2. The summed E-state index contributed by atoms with van der Waals surface area (Å²) in [5.41, 5.74) is 1.30. The maximum atomic E-state index is 6.18. The number of halogens is 1. The lowest BCUT2D eigenvalue weighted by Gasteiger charge is -2.09. The maximum absolute atomic E-state index is 6.18. The summed E-state index contributed by atoms with van der Waals surface area (Å²) in [6.45, 7) is 0. The zero-order chi connectivity index (χ0) is 8.55. The van der Waals surface area contributed by atoms with Gasteiger partial charge in [0.1, 0.15) is 0 Å². The third-order valence-corrected chi connectivity index (χ3v) is 3.11. The maximum Gasteiger partial charge on any atom is 0.0524 e. The fourth-order valence-corrected chi connectivity index (χ4v) is 2.35. The van der Waals surface area contributed by atoms with E-state index in [2.05, 4.69) is 11.3 Å². The van der Waals surface area contributed by atoms with E-state index in [0.717, 1.165) is 6.42 Å². The van der Waals surface area contributed by atoms with E-state index in [1.54, 1.807) is 0 Å². The van der Waals surface area contributed by atoms with Gasteiger partial charge in [-0.25, -0.2) is 0 Å². The molecule has 12 heavy (non-hydrogen) atoms. The SMILES string of the molecule is Cn1cc(C2CCCC2Cl)cn1. The highest BCUT2D eigenvalue weighted by molar-refractivity contribution is 6.21. The van der Waals surface area contributed by atoms with Gasteiger partial charge < -0.3 is 0 Å². The van der Waals surface area contributed by atoms with E-state index in [1.807, 2.05) is 17.9 Å². The first-order valence-electron chi connectivity index (χ1n) is 4.40. The van der Waals surface area contributed by atoms with Crippen molar-refractivity contribution in [1.29, 1.82) is 0 Å². The van der Waals surface area contributed by atoms with Crippen LogP contribution in [-0.2, 0) is 7.05 Å². The van der Waals surface area contributed by atoms with Crippen LogP contribution in [0.3, 0.4) is 0 Å². The molecular weight excluding hydrogens is 172 g/mol. The van der Waals surface area contributed by atoms with Crippen LogP contribution in [0, 0.1) is 0 Å². The molecule has 0 amide bonds. The molecule has 1 aliphatic carbocycles. The van der Waals surface area contributed by atoms with Gasteiger partial charge >= 0.3 is 0 Å². The van der Waals surface area contributed by atoms with Gasteiger partial charge in [-0.3, -0.25) is 4.68 Å². The summed E-state index contributed by atoms with van der Waals surface area (Å²) in [5.74, 6) is 0.542. The first-order valence-corrected chi connectivity index (χ1v) is 4.83. The van der Waals surface area contributed by atoms with E-state index in [1.165, 1.54) is 18.4 Å². The van der Waals surface area contributed by atoms with Gasteiger partial charge in [0, 0.05) is 24.5 Å². The van der Waals surface area contributed by atoms with Gasteiger partial charge in [-0.1, -0.05) is 6.42 Å². The molecule has 2 unspecified atom stereocenters. The van der Waals surface area contributed by atoms with Crippen molar-refractivity contribution in [3.63, 3.8) is 0 Å². The molecule has 1 saturated carbocycles. The second kappa shape index (κ2) is 3.09. The molecule has 1 heterocycles. The molecule has 0 aromatic carbocycles. The van der Waals surface area contributed by atoms with Gasteiger partial charge in [0.05, 0.1) is 6.20 Å². The zero-order valence-electron chi connectivity index (χ0n) is 7.20. The minimum Gasteiger partial charge on any atom is -0.276 e. The number of nitrogens with zero attached hydrogens (tertiary/aromatic N) is 2. The summed E-state index contributed by atoms with van der Waals surface area (Å²) in [7, 11) is 1.95. The Labute approximate surface area is 77.5 Å². The Balaban J connectivity index is 2.19. The number of hydrogen-bond donors (Lipinski definition) is 0. The van der Waals surface area contributed by atoms with Crippen LogP contribution in [0.15, 0.2) is 12.4 Å². The van der Waals surface area contributed by atoms with E-state index < -0.39 is 0 Å². The van der Waals surface area contributed by atoms with Gasteiger partial charge in [0.15, 0.2) is 0 Å². The molecule has 0 aliphatic heterocycles. The highest BCUT2D eigenvalue weighted by Crippen LogP contribution is 2.37. The van der Waals surface area contributed by atoms with Crippen molar-refractivity contribution in [2.24, 2.45) is 7.05 Å². The average Bonchev–Trinajstić information content (AvgIpc) is 2.58. The van der Waals surface area contributed by atoms with Crippen LogP contribution in [0.4, 0.5) is 0 Å². The van der Waals surface area contributed by atoms with E-state index in [9.17, 15) is 0 Å².